The van der Waals surface area contributed by atoms with Gasteiger partial charge in [-0.05, 0) is 49.7 Å². The molecule has 0 bridgehead atoms. The fourth-order valence-corrected chi connectivity index (χ4v) is 6.45. The summed E-state index contributed by atoms with van der Waals surface area (Å²) in [6.45, 7) is 0.785. The molecule has 170 valence electrons. The van der Waals surface area contributed by atoms with Gasteiger partial charge in [0.1, 0.15) is 11.4 Å². The Hall–Kier alpha value is -1.77. The van der Waals surface area contributed by atoms with E-state index >= 15 is 0 Å². The summed E-state index contributed by atoms with van der Waals surface area (Å²) in [4.78, 5) is 17.6. The average Bonchev–Trinajstić information content (AvgIpc) is 3.10. The molecule has 1 spiro atoms. The van der Waals surface area contributed by atoms with E-state index in [-0.39, 0.29) is 18.3 Å². The molecule has 4 rings (SSSR count). The maximum atomic E-state index is 12.9. The summed E-state index contributed by atoms with van der Waals surface area (Å²) in [5, 5.41) is 12.0. The molecule has 2 aliphatic heterocycles. The van der Waals surface area contributed by atoms with Crippen LogP contribution in [0.3, 0.4) is 0 Å². The zero-order chi connectivity index (χ0) is 21.9. The number of amides is 1. The van der Waals surface area contributed by atoms with Crippen LogP contribution >= 0.6 is 0 Å². The van der Waals surface area contributed by atoms with Gasteiger partial charge >= 0.3 is 0 Å². The molecule has 2 heterocycles. The quantitative estimate of drug-likeness (QED) is 0.668. The maximum Gasteiger partial charge on any atom is 0.253 e. The molecule has 0 unspecified atom stereocenters. The van der Waals surface area contributed by atoms with Crippen LogP contribution < -0.4 is 5.32 Å². The van der Waals surface area contributed by atoms with Crippen molar-refractivity contribution in [3.63, 3.8) is 0 Å². The number of aliphatic hydroxyl groups is 1. The summed E-state index contributed by atoms with van der Waals surface area (Å²) < 4.78 is 27.3. The molecule has 31 heavy (non-hydrogen) atoms. The molecule has 8 heteroatoms. The molecule has 1 aliphatic carbocycles. The van der Waals surface area contributed by atoms with Crippen molar-refractivity contribution < 1.29 is 18.3 Å². The Morgan fingerprint density at radius 1 is 1.03 bits per heavy atom. The van der Waals surface area contributed by atoms with Crippen LogP contribution in [0.2, 0.25) is 0 Å². The zero-order valence-corrected chi connectivity index (χ0v) is 18.9. The van der Waals surface area contributed by atoms with Crippen molar-refractivity contribution in [2.75, 3.05) is 25.4 Å². The lowest BCUT2D eigenvalue weighted by Crippen LogP contribution is -2.51. The van der Waals surface area contributed by atoms with E-state index in [0.29, 0.717) is 44.7 Å². The summed E-state index contributed by atoms with van der Waals surface area (Å²) in [6.07, 6.45) is 7.73. The van der Waals surface area contributed by atoms with Crippen LogP contribution in [0.4, 0.5) is 0 Å². The van der Waals surface area contributed by atoms with E-state index in [1.54, 1.807) is 0 Å². The topological polar surface area (TPSA) is 99.1 Å². The number of hydrogen-bond acceptors (Lipinski definition) is 5. The molecule has 0 radical (unpaired) electrons. The minimum Gasteiger partial charge on any atom is -0.396 e. The first-order chi connectivity index (χ1) is 14.9. The van der Waals surface area contributed by atoms with Gasteiger partial charge in [-0.2, -0.15) is 0 Å². The highest BCUT2D eigenvalue weighted by Gasteiger charge is 2.48. The Morgan fingerprint density at radius 3 is 2.26 bits per heavy atom. The van der Waals surface area contributed by atoms with Crippen LogP contribution in [-0.4, -0.2) is 60.6 Å². The molecule has 0 aromatic heterocycles. The highest BCUT2D eigenvalue weighted by molar-refractivity contribution is 7.89. The second-order valence-electron chi connectivity index (χ2n) is 9.07. The Bertz CT molecular complexity index is 913. The van der Waals surface area contributed by atoms with E-state index in [9.17, 15) is 13.2 Å². The number of amidine groups is 1. The third kappa shape index (κ3) is 5.02. The maximum absolute atomic E-state index is 12.9. The van der Waals surface area contributed by atoms with Crippen LogP contribution in [-0.2, 0) is 27.7 Å². The summed E-state index contributed by atoms with van der Waals surface area (Å²) in [7, 11) is -3.39. The molecule has 1 amide bonds. The van der Waals surface area contributed by atoms with Crippen molar-refractivity contribution in [2.45, 2.75) is 63.3 Å². The molecule has 2 fully saturated rings. The van der Waals surface area contributed by atoms with Gasteiger partial charge in [0.15, 0.2) is 0 Å². The van der Waals surface area contributed by atoms with E-state index in [1.165, 1.54) is 23.6 Å². The second-order valence-corrected chi connectivity index (χ2v) is 11.2. The number of rotatable bonds is 7. The fraction of sp³-hybridized carbons (Fsp3) is 0.652. The van der Waals surface area contributed by atoms with Crippen molar-refractivity contribution in [2.24, 2.45) is 10.9 Å². The zero-order valence-electron chi connectivity index (χ0n) is 18.1. The minimum absolute atomic E-state index is 0.0481. The number of hydrogen-bond donors (Lipinski definition) is 2. The number of benzene rings is 1. The smallest absolute Gasteiger partial charge is 0.253 e. The van der Waals surface area contributed by atoms with Crippen LogP contribution in [0.5, 0.6) is 0 Å². The van der Waals surface area contributed by atoms with E-state index in [0.717, 1.165) is 29.8 Å². The van der Waals surface area contributed by atoms with E-state index in [1.807, 2.05) is 24.3 Å². The number of nitrogens with one attached hydrogen (secondary N) is 1. The van der Waals surface area contributed by atoms with Crippen molar-refractivity contribution in [3.05, 3.63) is 35.4 Å². The first kappa shape index (κ1) is 22.4. The van der Waals surface area contributed by atoms with Gasteiger partial charge in [0.2, 0.25) is 10.0 Å². The Balaban J connectivity index is 1.34. The second kappa shape index (κ2) is 9.38. The molecule has 7 nitrogen and oxygen atoms in total. The molecular weight excluding hydrogens is 414 g/mol. The van der Waals surface area contributed by atoms with Gasteiger partial charge in [0.25, 0.3) is 5.91 Å². The van der Waals surface area contributed by atoms with Crippen LogP contribution in [0.15, 0.2) is 29.3 Å². The van der Waals surface area contributed by atoms with Gasteiger partial charge in [-0.1, -0.05) is 43.5 Å². The summed E-state index contributed by atoms with van der Waals surface area (Å²) in [6, 6.07) is 7.72. The monoisotopic (exact) mass is 447 g/mol. The van der Waals surface area contributed by atoms with Crippen LogP contribution in [0.1, 0.15) is 56.1 Å². The average molecular weight is 448 g/mol. The fourth-order valence-electron chi connectivity index (χ4n) is 4.96. The Labute approximate surface area is 185 Å². The normalized spacial score (nSPS) is 22.5. The van der Waals surface area contributed by atoms with Crippen LogP contribution in [0, 0.1) is 5.92 Å². The number of piperidine rings is 1. The summed E-state index contributed by atoms with van der Waals surface area (Å²) in [5.41, 5.74) is 1.23. The van der Waals surface area contributed by atoms with E-state index in [4.69, 9.17) is 10.1 Å². The van der Waals surface area contributed by atoms with E-state index < -0.39 is 15.6 Å². The predicted molar refractivity (Wildman–Crippen MR) is 120 cm³/mol. The van der Waals surface area contributed by atoms with Gasteiger partial charge in [-0.15, -0.1) is 0 Å². The van der Waals surface area contributed by atoms with Crippen LogP contribution in [0.25, 0.3) is 0 Å². The first-order valence-corrected chi connectivity index (χ1v) is 13.1. The van der Waals surface area contributed by atoms with Gasteiger partial charge < -0.3 is 10.4 Å². The Morgan fingerprint density at radius 2 is 1.65 bits per heavy atom. The first-order valence-electron chi connectivity index (χ1n) is 11.5. The molecule has 1 aromatic rings. The number of aliphatic hydroxyl groups excluding tert-OH is 1. The number of sulfonamides is 1. The standard InChI is InChI=1S/C23H33N3O4S/c27-16-10-18-6-8-19(9-7-18)11-17-31(29,30)26-14-12-23(13-15-26)22(28)24-21(25-23)20-4-2-1-3-5-20/h6-9,20,27H,1-5,10-17H2,(H,24,25,28). The third-order valence-corrected chi connectivity index (χ3v) is 8.88. The molecule has 1 saturated heterocycles. The number of aryl methyl sites for hydroxylation is 1. The van der Waals surface area contributed by atoms with Crippen molar-refractivity contribution in [1.29, 1.82) is 0 Å². The number of nitrogens with zero attached hydrogens (tertiary/aromatic N) is 2. The highest BCUT2D eigenvalue weighted by atomic mass is 32.2. The summed E-state index contributed by atoms with van der Waals surface area (Å²) in [5.74, 6) is 1.20. The van der Waals surface area contributed by atoms with Gasteiger partial charge in [0.05, 0.1) is 5.75 Å². The molecule has 1 saturated carbocycles. The third-order valence-electron chi connectivity index (χ3n) is 7.01. The van der Waals surface area contributed by atoms with Crippen molar-refractivity contribution >= 4 is 21.8 Å². The highest BCUT2D eigenvalue weighted by Crippen LogP contribution is 2.34. The minimum atomic E-state index is -3.39. The number of carbonyl (C=O) groups excluding carboxylic acids is 1. The number of carbonyl (C=O) groups is 1. The molecule has 2 N–H and O–H groups in total. The predicted octanol–water partition coefficient (Wildman–Crippen LogP) is 2.04. The lowest BCUT2D eigenvalue weighted by Gasteiger charge is -2.34. The molecule has 3 aliphatic rings. The lowest BCUT2D eigenvalue weighted by molar-refractivity contribution is -0.125. The van der Waals surface area contributed by atoms with Crippen molar-refractivity contribution in [1.82, 2.24) is 9.62 Å². The molecule has 1 aromatic carbocycles. The lowest BCUT2D eigenvalue weighted by atomic mass is 9.88. The number of aliphatic imine (C=N–C) groups is 1. The molecular formula is C23H33N3O4S. The van der Waals surface area contributed by atoms with Gasteiger partial charge in [-0.25, -0.2) is 12.7 Å². The summed E-state index contributed by atoms with van der Waals surface area (Å²) >= 11 is 0. The van der Waals surface area contributed by atoms with E-state index in [2.05, 4.69) is 5.32 Å². The van der Waals surface area contributed by atoms with Crippen molar-refractivity contribution in [3.8, 4) is 0 Å². The molecule has 0 atom stereocenters. The van der Waals surface area contributed by atoms with Gasteiger partial charge in [-0.3, -0.25) is 9.79 Å². The van der Waals surface area contributed by atoms with Gasteiger partial charge in [0, 0.05) is 25.6 Å². The Kier molecular flexibility index (Phi) is 6.79. The SMILES string of the molecule is O=C1NC(C2CCCCC2)=NC12CCN(S(=O)(=O)CCc1ccc(CCO)cc1)CC2. The largest absolute Gasteiger partial charge is 0.396 e.